The van der Waals surface area contributed by atoms with Crippen LogP contribution in [-0.2, 0) is 32.7 Å². The summed E-state index contributed by atoms with van der Waals surface area (Å²) in [4.78, 5) is 46.0. The lowest BCUT2D eigenvalue weighted by Gasteiger charge is -2.18. The number of amides is 1. The number of hydrogen-bond acceptors (Lipinski definition) is 8. The summed E-state index contributed by atoms with van der Waals surface area (Å²) in [6.45, 7) is 2.39. The molecular formula is C52H84NO10P. The molecule has 0 aliphatic rings. The molecule has 0 radical (unpaired) electrons. The Morgan fingerprint density at radius 2 is 0.906 bits per heavy atom. The number of carbonyl (C=O) groups is 3. The average Bonchev–Trinajstić information content (AvgIpc) is 3.27. The maximum Gasteiger partial charge on any atom is 0.472 e. The lowest BCUT2D eigenvalue weighted by atomic mass is 10.1. The molecular weight excluding hydrogens is 830 g/mol. The van der Waals surface area contributed by atoms with Crippen LogP contribution in [0.15, 0.2) is 109 Å². The number of esters is 1. The Labute approximate surface area is 386 Å². The third-order valence-electron chi connectivity index (χ3n) is 9.55. The van der Waals surface area contributed by atoms with E-state index in [1.807, 2.05) is 0 Å². The van der Waals surface area contributed by atoms with Crippen molar-refractivity contribution in [3.63, 3.8) is 0 Å². The average molecular weight is 914 g/mol. The zero-order valence-corrected chi connectivity index (χ0v) is 40.2. The molecule has 0 aromatic rings. The predicted octanol–water partition coefficient (Wildman–Crippen LogP) is 13.0. The van der Waals surface area contributed by atoms with E-state index < -0.39 is 57.6 Å². The molecule has 0 aliphatic carbocycles. The van der Waals surface area contributed by atoms with Gasteiger partial charge in [0.15, 0.2) is 6.04 Å². The molecule has 0 aromatic heterocycles. The number of aliphatic carboxylic acids is 1. The summed E-state index contributed by atoms with van der Waals surface area (Å²) >= 11 is 0. The van der Waals surface area contributed by atoms with Crippen LogP contribution in [0, 0.1) is 0 Å². The van der Waals surface area contributed by atoms with Gasteiger partial charge in [-0.05, 0) is 103 Å². The van der Waals surface area contributed by atoms with E-state index in [0.29, 0.717) is 12.8 Å². The second-order valence-corrected chi connectivity index (χ2v) is 17.0. The summed E-state index contributed by atoms with van der Waals surface area (Å²) < 4.78 is 26.9. The van der Waals surface area contributed by atoms with Gasteiger partial charge in [0, 0.05) is 12.8 Å². The summed E-state index contributed by atoms with van der Waals surface area (Å²) in [7, 11) is -4.78. The van der Waals surface area contributed by atoms with E-state index in [9.17, 15) is 34.1 Å². The molecule has 0 fully saturated rings. The zero-order chi connectivity index (χ0) is 47.0. The number of ether oxygens (including phenoxy) is 1. The van der Waals surface area contributed by atoms with Crippen molar-refractivity contribution in [2.45, 2.75) is 180 Å². The van der Waals surface area contributed by atoms with Crippen LogP contribution in [0.4, 0.5) is 0 Å². The lowest BCUT2D eigenvalue weighted by Crippen LogP contribution is -2.43. The summed E-state index contributed by atoms with van der Waals surface area (Å²) in [6, 6.07) is -1.57. The molecule has 0 aliphatic heterocycles. The number of allylic oxidation sites excluding steroid dienone is 18. The van der Waals surface area contributed by atoms with E-state index >= 15 is 0 Å². The SMILES string of the molecule is CC/C=C\C/C=C\C/C=C\C/C=C\C/C=C\C/C=C\CCCCC(=O)OCC(O)COP(=O)(O)OCC(NC(=O)CCCCCCCC/C=C\C/C=C\C/C=C\CCCCC)C(=O)O. The van der Waals surface area contributed by atoms with Gasteiger partial charge in [-0.15, -0.1) is 0 Å². The first-order valence-electron chi connectivity index (χ1n) is 23.9. The first kappa shape index (κ1) is 60.1. The highest BCUT2D eigenvalue weighted by Crippen LogP contribution is 2.43. The van der Waals surface area contributed by atoms with Crippen molar-refractivity contribution in [2.75, 3.05) is 19.8 Å². The highest BCUT2D eigenvalue weighted by molar-refractivity contribution is 7.47. The van der Waals surface area contributed by atoms with Gasteiger partial charge in [-0.25, -0.2) is 9.36 Å². The number of nitrogens with one attached hydrogen (secondary N) is 1. The molecule has 0 saturated carbocycles. The van der Waals surface area contributed by atoms with Crippen LogP contribution in [0.2, 0.25) is 0 Å². The number of carboxylic acids is 1. The highest BCUT2D eigenvalue weighted by atomic mass is 31.2. The standard InChI is InChI=1S/C52H84NO10P/c1-3-5-7-9-11-13-15-17-19-21-23-24-26-28-30-32-34-36-38-40-42-44-51(56)61-45-48(54)46-62-64(59,60)63-47-49(52(57)58)53-50(55)43-41-39-37-35-33-31-29-27-25-22-20-18-16-14-12-10-8-6-4-2/h5,7,11-14,17-20,23-25,27-28,30,34,36,48-49,54H,3-4,6,8-10,15-16,21-22,26,29,31-33,35,37-47H2,1-2H3,(H,53,55)(H,57,58)(H,59,60)/b7-5-,13-11-,14-12-,19-17-,20-18-,24-23-,27-25-,30-28-,36-34-. The Bertz CT molecular complexity index is 1490. The molecule has 11 nitrogen and oxygen atoms in total. The molecule has 12 heteroatoms. The van der Waals surface area contributed by atoms with Gasteiger partial charge in [0.25, 0.3) is 0 Å². The van der Waals surface area contributed by atoms with Crippen LogP contribution >= 0.6 is 7.82 Å². The van der Waals surface area contributed by atoms with E-state index in [0.717, 1.165) is 103 Å². The molecule has 0 rings (SSSR count). The fourth-order valence-electron chi connectivity index (χ4n) is 5.85. The zero-order valence-electron chi connectivity index (χ0n) is 39.3. The van der Waals surface area contributed by atoms with E-state index in [4.69, 9.17) is 13.8 Å². The molecule has 4 N–H and O–H groups in total. The maximum absolute atomic E-state index is 12.3. The Hall–Kier alpha value is -3.86. The van der Waals surface area contributed by atoms with Crippen molar-refractivity contribution in [3.8, 4) is 0 Å². The quantitative estimate of drug-likeness (QED) is 0.0200. The van der Waals surface area contributed by atoms with Gasteiger partial charge < -0.3 is 25.2 Å². The second kappa shape index (κ2) is 45.7. The Morgan fingerprint density at radius 1 is 0.516 bits per heavy atom. The van der Waals surface area contributed by atoms with Crippen LogP contribution in [-0.4, -0.2) is 64.9 Å². The monoisotopic (exact) mass is 914 g/mol. The fourth-order valence-corrected chi connectivity index (χ4v) is 6.63. The number of carboxylic acid groups (broad SMARTS) is 1. The first-order valence-corrected chi connectivity index (χ1v) is 25.4. The lowest BCUT2D eigenvalue weighted by molar-refractivity contribution is -0.147. The van der Waals surface area contributed by atoms with Gasteiger partial charge >= 0.3 is 19.8 Å². The van der Waals surface area contributed by atoms with Gasteiger partial charge in [0.05, 0.1) is 13.2 Å². The van der Waals surface area contributed by atoms with Gasteiger partial charge in [0.1, 0.15) is 12.7 Å². The topological polar surface area (TPSA) is 169 Å². The predicted molar refractivity (Wildman–Crippen MR) is 263 cm³/mol. The molecule has 0 spiro atoms. The molecule has 3 atom stereocenters. The van der Waals surface area contributed by atoms with Crippen LogP contribution in [0.1, 0.15) is 168 Å². The van der Waals surface area contributed by atoms with Crippen LogP contribution in [0.25, 0.3) is 0 Å². The largest absolute Gasteiger partial charge is 0.480 e. The number of hydrogen-bond donors (Lipinski definition) is 4. The third kappa shape index (κ3) is 44.7. The minimum atomic E-state index is -4.78. The van der Waals surface area contributed by atoms with Crippen molar-refractivity contribution in [1.29, 1.82) is 0 Å². The van der Waals surface area contributed by atoms with Gasteiger partial charge in [-0.2, -0.15) is 0 Å². The summed E-state index contributed by atoms with van der Waals surface area (Å²) in [5.41, 5.74) is 0. The summed E-state index contributed by atoms with van der Waals surface area (Å²) in [6.07, 6.45) is 59.6. The molecule has 1 amide bonds. The van der Waals surface area contributed by atoms with Gasteiger partial charge in [-0.1, -0.05) is 162 Å². The molecule has 64 heavy (non-hydrogen) atoms. The van der Waals surface area contributed by atoms with Gasteiger partial charge in [0.2, 0.25) is 5.91 Å². The minimum absolute atomic E-state index is 0.121. The van der Waals surface area contributed by atoms with Crippen molar-refractivity contribution in [3.05, 3.63) is 109 Å². The first-order chi connectivity index (χ1) is 31.1. The molecule has 0 bridgehead atoms. The normalized spacial score (nSPS) is 14.6. The molecule has 0 saturated heterocycles. The maximum atomic E-state index is 12.3. The fraction of sp³-hybridized carbons (Fsp3) is 0.596. The smallest absolute Gasteiger partial charge is 0.472 e. The molecule has 0 heterocycles. The van der Waals surface area contributed by atoms with Crippen molar-refractivity contribution < 1.29 is 47.8 Å². The Balaban J connectivity index is 3.98. The number of carbonyl (C=O) groups excluding carboxylic acids is 2. The van der Waals surface area contributed by atoms with Crippen molar-refractivity contribution >= 4 is 25.7 Å². The Kier molecular flexibility index (Phi) is 42.9. The van der Waals surface area contributed by atoms with Crippen LogP contribution in [0.5, 0.6) is 0 Å². The number of phosphoric ester groups is 1. The van der Waals surface area contributed by atoms with E-state index in [-0.39, 0.29) is 12.8 Å². The third-order valence-corrected chi connectivity index (χ3v) is 10.5. The highest BCUT2D eigenvalue weighted by Gasteiger charge is 2.28. The molecule has 362 valence electrons. The number of aliphatic hydroxyl groups excluding tert-OH is 1. The van der Waals surface area contributed by atoms with E-state index in [2.05, 4.69) is 129 Å². The number of phosphoric acid groups is 1. The van der Waals surface area contributed by atoms with Gasteiger partial charge in [-0.3, -0.25) is 18.6 Å². The van der Waals surface area contributed by atoms with Crippen LogP contribution in [0.3, 0.4) is 0 Å². The van der Waals surface area contributed by atoms with Crippen LogP contribution < -0.4 is 5.32 Å². The number of aliphatic hydroxyl groups is 1. The number of rotatable bonds is 43. The minimum Gasteiger partial charge on any atom is -0.480 e. The van der Waals surface area contributed by atoms with E-state index in [1.54, 1.807) is 0 Å². The van der Waals surface area contributed by atoms with E-state index in [1.165, 1.54) is 25.7 Å². The van der Waals surface area contributed by atoms with Crippen molar-refractivity contribution in [2.24, 2.45) is 0 Å². The second-order valence-electron chi connectivity index (χ2n) is 15.6. The number of unbranched alkanes of at least 4 members (excludes halogenated alkanes) is 11. The summed E-state index contributed by atoms with van der Waals surface area (Å²) in [5.74, 6) is -2.45. The van der Waals surface area contributed by atoms with Crippen molar-refractivity contribution in [1.82, 2.24) is 5.32 Å². The molecule has 3 unspecified atom stereocenters. The molecule has 0 aromatic carbocycles. The summed E-state index contributed by atoms with van der Waals surface area (Å²) in [5, 5.41) is 21.9. The Morgan fingerprint density at radius 3 is 1.38 bits per heavy atom.